The van der Waals surface area contributed by atoms with E-state index in [0.29, 0.717) is 0 Å². The van der Waals surface area contributed by atoms with E-state index in [-0.39, 0.29) is 16.6 Å². The van der Waals surface area contributed by atoms with E-state index in [0.717, 1.165) is 12.8 Å². The Morgan fingerprint density at radius 1 is 1.36 bits per heavy atom. The van der Waals surface area contributed by atoms with Crippen molar-refractivity contribution in [2.75, 3.05) is 0 Å². The fraction of sp³-hybridized carbons (Fsp3) is 0.615. The monoisotopic (exact) mass is 192 g/mol. The molecule has 0 spiro atoms. The molecule has 0 saturated heterocycles. The fourth-order valence-corrected chi connectivity index (χ4v) is 2.27. The first-order chi connectivity index (χ1) is 6.40. The lowest BCUT2D eigenvalue weighted by molar-refractivity contribution is -0.122. The van der Waals surface area contributed by atoms with Gasteiger partial charge in [-0.1, -0.05) is 32.1 Å². The number of hydrogen-bond donors (Lipinski definition) is 0. The predicted molar refractivity (Wildman–Crippen MR) is 60.1 cm³/mol. The zero-order chi connectivity index (χ0) is 10.8. The Kier molecular flexibility index (Phi) is 2.98. The second-order valence-electron chi connectivity index (χ2n) is 5.23. The highest BCUT2D eigenvalue weighted by atomic mass is 16.1. The van der Waals surface area contributed by atoms with Crippen LogP contribution < -0.4 is 0 Å². The minimum atomic E-state index is -0.283. The third-order valence-electron chi connectivity index (χ3n) is 2.88. The van der Waals surface area contributed by atoms with Gasteiger partial charge in [0.1, 0.15) is 0 Å². The summed E-state index contributed by atoms with van der Waals surface area (Å²) >= 11 is 0. The van der Waals surface area contributed by atoms with Crippen LogP contribution in [0.1, 0.15) is 40.5 Å². The molecule has 0 aromatic carbocycles. The van der Waals surface area contributed by atoms with Gasteiger partial charge >= 0.3 is 0 Å². The fourth-order valence-electron chi connectivity index (χ4n) is 2.27. The van der Waals surface area contributed by atoms with Gasteiger partial charge in [0, 0.05) is 5.41 Å². The van der Waals surface area contributed by atoms with Gasteiger partial charge in [-0.25, -0.2) is 0 Å². The Morgan fingerprint density at radius 3 is 2.50 bits per heavy atom. The third kappa shape index (κ3) is 2.34. The predicted octanol–water partition coefficient (Wildman–Crippen LogP) is 3.51. The Bertz CT molecular complexity index is 284. The van der Waals surface area contributed by atoms with Crippen LogP contribution in [0.15, 0.2) is 24.3 Å². The highest BCUT2D eigenvalue weighted by Crippen LogP contribution is 2.42. The molecule has 0 radical (unpaired) electrons. The van der Waals surface area contributed by atoms with E-state index in [2.05, 4.69) is 26.0 Å². The Morgan fingerprint density at radius 2 is 2.00 bits per heavy atom. The van der Waals surface area contributed by atoms with Gasteiger partial charge in [-0.15, -0.1) is 0 Å². The van der Waals surface area contributed by atoms with Crippen LogP contribution in [0.25, 0.3) is 0 Å². The van der Waals surface area contributed by atoms with Gasteiger partial charge < -0.3 is 0 Å². The summed E-state index contributed by atoms with van der Waals surface area (Å²) in [5.74, 6) is 0.226. The van der Waals surface area contributed by atoms with Gasteiger partial charge in [-0.2, -0.15) is 0 Å². The van der Waals surface area contributed by atoms with Gasteiger partial charge in [0.2, 0.25) is 0 Å². The topological polar surface area (TPSA) is 17.1 Å². The van der Waals surface area contributed by atoms with Crippen LogP contribution in [0.5, 0.6) is 0 Å². The molecule has 1 atom stereocenters. The molecule has 1 nitrogen and oxygen atoms in total. The second kappa shape index (κ2) is 3.72. The zero-order valence-corrected chi connectivity index (χ0v) is 9.63. The lowest BCUT2D eigenvalue weighted by Crippen LogP contribution is -2.33. The summed E-state index contributed by atoms with van der Waals surface area (Å²) in [6.45, 7) is 8.36. The summed E-state index contributed by atoms with van der Waals surface area (Å²) in [4.78, 5) is 11.9. The van der Waals surface area contributed by atoms with E-state index in [1.807, 2.05) is 19.9 Å². The number of rotatable bonds is 2. The van der Waals surface area contributed by atoms with Crippen LogP contribution in [0.3, 0.4) is 0 Å². The van der Waals surface area contributed by atoms with E-state index in [1.165, 1.54) is 0 Å². The second-order valence-corrected chi connectivity index (χ2v) is 5.23. The maximum Gasteiger partial charge on any atom is 0.164 e. The van der Waals surface area contributed by atoms with Gasteiger partial charge in [0.15, 0.2) is 5.78 Å². The van der Waals surface area contributed by atoms with Crippen LogP contribution in [-0.2, 0) is 4.79 Å². The van der Waals surface area contributed by atoms with Crippen molar-refractivity contribution in [3.05, 3.63) is 24.3 Å². The molecule has 1 heteroatoms. The van der Waals surface area contributed by atoms with Crippen molar-refractivity contribution < 1.29 is 4.79 Å². The highest BCUT2D eigenvalue weighted by molar-refractivity contribution is 5.96. The Hall–Kier alpha value is -0.850. The molecular formula is C13H20O. The average Bonchev–Trinajstić information content (AvgIpc) is 2.02. The molecule has 0 aromatic rings. The summed E-state index contributed by atoms with van der Waals surface area (Å²) in [6, 6.07) is 0. The van der Waals surface area contributed by atoms with Crippen molar-refractivity contribution in [2.24, 2.45) is 10.8 Å². The average molecular weight is 192 g/mol. The molecule has 1 rings (SSSR count). The first kappa shape index (κ1) is 11.2. The summed E-state index contributed by atoms with van der Waals surface area (Å²) < 4.78 is 0. The molecular weight excluding hydrogens is 172 g/mol. The lowest BCUT2D eigenvalue weighted by Gasteiger charge is -2.37. The van der Waals surface area contributed by atoms with Crippen molar-refractivity contribution in [3.63, 3.8) is 0 Å². The summed E-state index contributed by atoms with van der Waals surface area (Å²) in [5, 5.41) is 0. The molecule has 78 valence electrons. The summed E-state index contributed by atoms with van der Waals surface area (Å²) in [7, 11) is 0. The third-order valence-corrected chi connectivity index (χ3v) is 2.88. The molecule has 14 heavy (non-hydrogen) atoms. The van der Waals surface area contributed by atoms with E-state index >= 15 is 0 Å². The molecule has 0 bridgehead atoms. The lowest BCUT2D eigenvalue weighted by atomic mass is 9.66. The van der Waals surface area contributed by atoms with E-state index in [1.54, 1.807) is 6.08 Å². The smallest absolute Gasteiger partial charge is 0.164 e. The van der Waals surface area contributed by atoms with Crippen molar-refractivity contribution in [2.45, 2.75) is 40.5 Å². The van der Waals surface area contributed by atoms with Crippen molar-refractivity contribution in [3.8, 4) is 0 Å². The number of carbonyl (C=O) groups excluding carboxylic acids is 1. The number of carbonyl (C=O) groups is 1. The Labute approximate surface area is 86.9 Å². The van der Waals surface area contributed by atoms with Crippen LogP contribution >= 0.6 is 0 Å². The molecule has 0 fully saturated rings. The molecule has 1 aliphatic rings. The summed E-state index contributed by atoms with van der Waals surface area (Å²) in [6.07, 6.45) is 9.74. The first-order valence-electron chi connectivity index (χ1n) is 5.24. The molecule has 0 aromatic heterocycles. The number of hydrogen-bond acceptors (Lipinski definition) is 1. The van der Waals surface area contributed by atoms with Crippen molar-refractivity contribution in [1.82, 2.24) is 0 Å². The largest absolute Gasteiger partial charge is 0.294 e. The number of ketones is 1. The van der Waals surface area contributed by atoms with Gasteiger partial charge in [-0.05, 0) is 38.2 Å². The SMILES string of the molecule is CC=CC(=O)C1(C)C=CCC(C)(C)C1. The van der Waals surface area contributed by atoms with Crippen LogP contribution in [0.2, 0.25) is 0 Å². The van der Waals surface area contributed by atoms with Crippen molar-refractivity contribution >= 4 is 5.78 Å². The Balaban J connectivity index is 2.90. The van der Waals surface area contributed by atoms with E-state index < -0.39 is 0 Å². The molecule has 0 N–H and O–H groups in total. The van der Waals surface area contributed by atoms with E-state index in [9.17, 15) is 4.79 Å². The first-order valence-corrected chi connectivity index (χ1v) is 5.24. The maximum atomic E-state index is 11.9. The van der Waals surface area contributed by atoms with Gasteiger partial charge in [0.05, 0.1) is 0 Å². The normalized spacial score (nSPS) is 30.9. The van der Waals surface area contributed by atoms with Crippen LogP contribution in [-0.4, -0.2) is 5.78 Å². The molecule has 0 heterocycles. The zero-order valence-electron chi connectivity index (χ0n) is 9.63. The maximum absolute atomic E-state index is 11.9. The molecule has 1 aliphatic carbocycles. The minimum absolute atomic E-state index is 0.226. The molecule has 0 saturated carbocycles. The van der Waals surface area contributed by atoms with Gasteiger partial charge in [0.25, 0.3) is 0 Å². The minimum Gasteiger partial charge on any atom is -0.294 e. The van der Waals surface area contributed by atoms with Gasteiger partial charge in [-0.3, -0.25) is 4.79 Å². The molecule has 0 amide bonds. The quantitative estimate of drug-likeness (QED) is 0.483. The molecule has 1 unspecified atom stereocenters. The van der Waals surface area contributed by atoms with Crippen LogP contribution in [0.4, 0.5) is 0 Å². The highest BCUT2D eigenvalue weighted by Gasteiger charge is 2.37. The standard InChI is InChI=1S/C13H20O/c1-5-7-11(14)13(4)9-6-8-12(2,3)10-13/h5-7,9H,8,10H2,1-4H3. The molecule has 0 aliphatic heterocycles. The summed E-state index contributed by atoms with van der Waals surface area (Å²) in [5.41, 5.74) is -0.0327. The van der Waals surface area contributed by atoms with Crippen LogP contribution in [0, 0.1) is 10.8 Å². The number of allylic oxidation sites excluding steroid dienone is 4. The van der Waals surface area contributed by atoms with E-state index in [4.69, 9.17) is 0 Å². The van der Waals surface area contributed by atoms with Crippen molar-refractivity contribution in [1.29, 1.82) is 0 Å².